The van der Waals surface area contributed by atoms with Gasteiger partial charge in [0.25, 0.3) is 6.16 Å². The van der Waals surface area contributed by atoms with Gasteiger partial charge in [0.15, 0.2) is 0 Å². The van der Waals surface area contributed by atoms with Crippen molar-refractivity contribution in [2.45, 2.75) is 6.92 Å². The molecule has 0 unspecified atom stereocenters. The molecule has 0 saturated carbocycles. The molecule has 9 heavy (non-hydrogen) atoms. The van der Waals surface area contributed by atoms with E-state index in [0.717, 1.165) is 0 Å². The molecule has 0 aromatic rings. The Balaban J connectivity index is 0. The van der Waals surface area contributed by atoms with E-state index in [1.807, 2.05) is 0 Å². The van der Waals surface area contributed by atoms with Crippen LogP contribution in [0.4, 0.5) is 4.79 Å². The van der Waals surface area contributed by atoms with E-state index in [2.05, 4.69) is 11.3 Å². The zero-order valence-corrected chi connectivity index (χ0v) is 7.64. The van der Waals surface area contributed by atoms with Crippen LogP contribution in [0.1, 0.15) is 6.92 Å². The van der Waals surface area contributed by atoms with Gasteiger partial charge in [-0.1, -0.05) is 12.2 Å². The summed E-state index contributed by atoms with van der Waals surface area (Å²) in [6, 6.07) is 0. The number of carboxylic acid groups (broad SMARTS) is 1. The van der Waals surface area contributed by atoms with Crippen LogP contribution in [0.25, 0.3) is 0 Å². The number of hydrogen-bond acceptors (Lipinski definition) is 3. The summed E-state index contributed by atoms with van der Waals surface area (Å²) in [6.45, 7) is 5.11. The summed E-state index contributed by atoms with van der Waals surface area (Å²) in [5.41, 5.74) is 0.661. The van der Waals surface area contributed by atoms with E-state index in [0.29, 0.717) is 5.57 Å². The van der Waals surface area contributed by atoms with Crippen LogP contribution in [0.15, 0.2) is 12.2 Å². The van der Waals surface area contributed by atoms with Gasteiger partial charge < -0.3 is 14.6 Å². The molecule has 0 amide bonds. The Morgan fingerprint density at radius 2 is 2.22 bits per heavy atom. The van der Waals surface area contributed by atoms with E-state index in [4.69, 9.17) is 0 Å². The average molecular weight is 138 g/mol. The van der Waals surface area contributed by atoms with Gasteiger partial charge in [-0.2, -0.15) is 0 Å². The van der Waals surface area contributed by atoms with Crippen molar-refractivity contribution in [1.82, 2.24) is 0 Å². The normalized spacial score (nSPS) is 7.22. The Labute approximate surface area is 76.0 Å². The summed E-state index contributed by atoms with van der Waals surface area (Å²) >= 11 is 0. The minimum Gasteiger partial charge on any atom is -0.545 e. The molecule has 0 N–H and O–H groups in total. The maximum absolute atomic E-state index is 9.53. The zero-order chi connectivity index (χ0) is 6.57. The van der Waals surface area contributed by atoms with Gasteiger partial charge in [-0.05, 0) is 6.92 Å². The van der Waals surface area contributed by atoms with Crippen LogP contribution >= 0.6 is 0 Å². The van der Waals surface area contributed by atoms with Gasteiger partial charge in [0.2, 0.25) is 0 Å². The first-order valence-corrected chi connectivity index (χ1v) is 2.11. The standard InChI is InChI=1S/C5H8O3.Na/c1-4(2)3-8-5(6)7;/h1,3H2,2H3,(H,6,7);/q;+1/p-1. The van der Waals surface area contributed by atoms with E-state index < -0.39 is 6.16 Å². The molecule has 0 aliphatic heterocycles. The monoisotopic (exact) mass is 138 g/mol. The first-order valence-electron chi connectivity index (χ1n) is 2.11. The van der Waals surface area contributed by atoms with Gasteiger partial charge in [-0.15, -0.1) is 0 Å². The molecule has 0 atom stereocenters. The summed E-state index contributed by atoms with van der Waals surface area (Å²) < 4.78 is 4.01. The first-order chi connectivity index (χ1) is 3.63. The molecular formula is C5H7NaO3. The van der Waals surface area contributed by atoms with Crippen LogP contribution in [0.5, 0.6) is 0 Å². The second-order valence-corrected chi connectivity index (χ2v) is 1.50. The van der Waals surface area contributed by atoms with Crippen molar-refractivity contribution >= 4 is 6.16 Å². The van der Waals surface area contributed by atoms with Crippen molar-refractivity contribution in [2.24, 2.45) is 0 Å². The quantitative estimate of drug-likeness (QED) is 0.231. The fourth-order valence-corrected chi connectivity index (χ4v) is 0.182. The number of ether oxygens (including phenoxy) is 1. The molecule has 0 bridgehead atoms. The maximum Gasteiger partial charge on any atom is 1.00 e. The van der Waals surface area contributed by atoms with Gasteiger partial charge in [0, 0.05) is 6.61 Å². The zero-order valence-electron chi connectivity index (χ0n) is 5.64. The third-order valence-corrected chi connectivity index (χ3v) is 0.436. The Kier molecular flexibility index (Phi) is 8.02. The Morgan fingerprint density at radius 3 is 2.33 bits per heavy atom. The molecule has 4 heteroatoms. The Morgan fingerprint density at radius 1 is 1.78 bits per heavy atom. The number of rotatable bonds is 2. The second-order valence-electron chi connectivity index (χ2n) is 1.50. The summed E-state index contributed by atoms with van der Waals surface area (Å²) in [6.07, 6.45) is -1.51. The number of carbonyl (C=O) groups is 1. The maximum atomic E-state index is 9.53. The average Bonchev–Trinajstić information content (AvgIpc) is 1.61. The van der Waals surface area contributed by atoms with Gasteiger partial charge in [-0.25, -0.2) is 0 Å². The molecule has 0 fully saturated rings. The Bertz CT molecular complexity index is 96.8. The van der Waals surface area contributed by atoms with Crippen LogP contribution in [0.2, 0.25) is 0 Å². The van der Waals surface area contributed by atoms with Gasteiger partial charge >= 0.3 is 29.6 Å². The topological polar surface area (TPSA) is 49.4 Å². The van der Waals surface area contributed by atoms with Crippen molar-refractivity contribution in [1.29, 1.82) is 0 Å². The minimum absolute atomic E-state index is 0. The molecule has 0 heterocycles. The minimum atomic E-state index is -1.51. The van der Waals surface area contributed by atoms with Gasteiger partial charge in [0.1, 0.15) is 0 Å². The largest absolute Gasteiger partial charge is 1.00 e. The van der Waals surface area contributed by atoms with E-state index in [-0.39, 0.29) is 36.2 Å². The van der Waals surface area contributed by atoms with Crippen molar-refractivity contribution < 1.29 is 44.2 Å². The fraction of sp³-hybridized carbons (Fsp3) is 0.400. The summed E-state index contributed by atoms with van der Waals surface area (Å²) in [4.78, 5) is 9.53. The van der Waals surface area contributed by atoms with Crippen molar-refractivity contribution in [3.63, 3.8) is 0 Å². The Hall–Kier alpha value is 0.0100. The van der Waals surface area contributed by atoms with E-state index in [1.165, 1.54) is 0 Å². The molecule has 0 spiro atoms. The summed E-state index contributed by atoms with van der Waals surface area (Å²) in [5, 5.41) is 9.53. The molecule has 0 radical (unpaired) electrons. The van der Waals surface area contributed by atoms with E-state index >= 15 is 0 Å². The van der Waals surface area contributed by atoms with Crippen LogP contribution in [0, 0.1) is 0 Å². The van der Waals surface area contributed by atoms with Gasteiger partial charge in [0.05, 0.1) is 0 Å². The molecule has 0 aromatic carbocycles. The third kappa shape index (κ3) is 11.5. The van der Waals surface area contributed by atoms with Crippen LogP contribution in [0.3, 0.4) is 0 Å². The molecule has 0 saturated heterocycles. The van der Waals surface area contributed by atoms with Crippen LogP contribution in [-0.4, -0.2) is 12.8 Å². The van der Waals surface area contributed by atoms with Crippen LogP contribution < -0.4 is 34.7 Å². The molecular weight excluding hydrogens is 131 g/mol. The predicted molar refractivity (Wildman–Crippen MR) is 26.2 cm³/mol. The van der Waals surface area contributed by atoms with Crippen molar-refractivity contribution in [3.05, 3.63) is 12.2 Å². The molecule has 0 aromatic heterocycles. The molecule has 0 aliphatic rings. The fourth-order valence-electron chi connectivity index (χ4n) is 0.182. The first kappa shape index (κ1) is 11.8. The SMILES string of the molecule is C=C(C)COC(=O)[O-].[Na+]. The predicted octanol–water partition coefficient (Wildman–Crippen LogP) is -3.07. The van der Waals surface area contributed by atoms with E-state index in [1.54, 1.807) is 6.92 Å². The van der Waals surface area contributed by atoms with Crippen molar-refractivity contribution in [3.8, 4) is 0 Å². The van der Waals surface area contributed by atoms with Crippen LogP contribution in [-0.2, 0) is 4.74 Å². The second kappa shape index (κ2) is 6.13. The molecule has 3 nitrogen and oxygen atoms in total. The smallest absolute Gasteiger partial charge is 0.545 e. The van der Waals surface area contributed by atoms with Gasteiger partial charge in [-0.3, -0.25) is 0 Å². The van der Waals surface area contributed by atoms with Crippen molar-refractivity contribution in [2.75, 3.05) is 6.61 Å². The summed E-state index contributed by atoms with van der Waals surface area (Å²) in [5.74, 6) is 0. The molecule has 0 aliphatic carbocycles. The third-order valence-electron chi connectivity index (χ3n) is 0.436. The molecule has 46 valence electrons. The number of hydrogen-bond donors (Lipinski definition) is 0. The van der Waals surface area contributed by atoms with E-state index in [9.17, 15) is 9.90 Å². The summed E-state index contributed by atoms with van der Waals surface area (Å²) in [7, 11) is 0. The molecule has 0 rings (SSSR count). The number of carbonyl (C=O) groups excluding carboxylic acids is 1.